The minimum absolute atomic E-state index is 0.0965. The summed E-state index contributed by atoms with van der Waals surface area (Å²) >= 11 is 0. The third kappa shape index (κ3) is 4.75. The maximum Gasteiger partial charge on any atom is 0.239 e. The van der Waals surface area contributed by atoms with Crippen LogP contribution in [0, 0.1) is 6.92 Å². The fourth-order valence-corrected chi connectivity index (χ4v) is 4.55. The maximum atomic E-state index is 13.1. The number of aryl methyl sites for hydroxylation is 1. The van der Waals surface area contributed by atoms with Crippen molar-refractivity contribution in [3.8, 4) is 0 Å². The Hall–Kier alpha value is -1.88. The molecule has 5 nitrogen and oxygen atoms in total. The van der Waals surface area contributed by atoms with Gasteiger partial charge in [0.15, 0.2) is 0 Å². The van der Waals surface area contributed by atoms with E-state index >= 15 is 0 Å². The maximum absolute atomic E-state index is 13.1. The van der Waals surface area contributed by atoms with Crippen LogP contribution in [0.3, 0.4) is 0 Å². The normalized spacial score (nSPS) is 22.2. The number of carbonyl (C=O) groups excluding carboxylic acids is 2. The van der Waals surface area contributed by atoms with Crippen molar-refractivity contribution in [1.29, 1.82) is 0 Å². The van der Waals surface area contributed by atoms with Gasteiger partial charge in [0.2, 0.25) is 11.8 Å². The standard InChI is InChI=1S/C23H35N3O2/c1-4-21-11-7-8-12-26(21)23(28)19(3)24-13-15-25(16-14-24)22(27)17-20-10-6-5-9-18(20)2/h5-6,9-10,19,21H,4,7-8,11-17H2,1-3H3. The Labute approximate surface area is 169 Å². The summed E-state index contributed by atoms with van der Waals surface area (Å²) in [4.78, 5) is 32.1. The molecule has 2 saturated heterocycles. The highest BCUT2D eigenvalue weighted by Crippen LogP contribution is 2.22. The molecule has 2 aliphatic rings. The Morgan fingerprint density at radius 1 is 1.07 bits per heavy atom. The van der Waals surface area contributed by atoms with Gasteiger partial charge in [-0.2, -0.15) is 0 Å². The van der Waals surface area contributed by atoms with E-state index in [-0.39, 0.29) is 17.9 Å². The summed E-state index contributed by atoms with van der Waals surface area (Å²) in [5.74, 6) is 0.459. The van der Waals surface area contributed by atoms with E-state index < -0.39 is 0 Å². The topological polar surface area (TPSA) is 43.9 Å². The van der Waals surface area contributed by atoms with Crippen LogP contribution in [-0.4, -0.2) is 71.3 Å². The van der Waals surface area contributed by atoms with Crippen LogP contribution in [0.25, 0.3) is 0 Å². The smallest absolute Gasteiger partial charge is 0.239 e. The Bertz CT molecular complexity index is 682. The third-order valence-corrected chi connectivity index (χ3v) is 6.56. The second kappa shape index (κ2) is 9.55. The second-order valence-electron chi connectivity index (χ2n) is 8.29. The lowest BCUT2D eigenvalue weighted by Gasteiger charge is -2.42. The van der Waals surface area contributed by atoms with Gasteiger partial charge in [0.25, 0.3) is 0 Å². The van der Waals surface area contributed by atoms with Crippen LogP contribution in [0.2, 0.25) is 0 Å². The molecule has 0 aromatic heterocycles. The van der Waals surface area contributed by atoms with Crippen molar-refractivity contribution in [3.63, 3.8) is 0 Å². The molecule has 2 fully saturated rings. The fourth-order valence-electron chi connectivity index (χ4n) is 4.55. The molecular weight excluding hydrogens is 350 g/mol. The van der Waals surface area contributed by atoms with Gasteiger partial charge in [-0.25, -0.2) is 0 Å². The van der Waals surface area contributed by atoms with Crippen molar-refractivity contribution in [3.05, 3.63) is 35.4 Å². The zero-order valence-corrected chi connectivity index (χ0v) is 17.7. The van der Waals surface area contributed by atoms with Gasteiger partial charge in [-0.05, 0) is 50.7 Å². The van der Waals surface area contributed by atoms with Gasteiger partial charge in [-0.3, -0.25) is 14.5 Å². The molecule has 0 radical (unpaired) electrons. The van der Waals surface area contributed by atoms with Crippen molar-refractivity contribution in [1.82, 2.24) is 14.7 Å². The van der Waals surface area contributed by atoms with Crippen molar-refractivity contribution in [2.45, 2.75) is 65.0 Å². The first-order chi connectivity index (χ1) is 13.5. The number of carbonyl (C=O) groups is 2. The van der Waals surface area contributed by atoms with Gasteiger partial charge >= 0.3 is 0 Å². The number of piperidine rings is 1. The highest BCUT2D eigenvalue weighted by Gasteiger charge is 2.33. The van der Waals surface area contributed by atoms with E-state index in [1.165, 1.54) is 12.0 Å². The second-order valence-corrected chi connectivity index (χ2v) is 8.29. The van der Waals surface area contributed by atoms with Gasteiger partial charge in [-0.15, -0.1) is 0 Å². The first kappa shape index (κ1) is 20.8. The zero-order valence-electron chi connectivity index (χ0n) is 17.7. The predicted octanol–water partition coefficient (Wildman–Crippen LogP) is 2.86. The van der Waals surface area contributed by atoms with Gasteiger partial charge in [0.05, 0.1) is 12.5 Å². The van der Waals surface area contributed by atoms with E-state index in [9.17, 15) is 9.59 Å². The van der Waals surface area contributed by atoms with Crippen molar-refractivity contribution >= 4 is 11.8 Å². The van der Waals surface area contributed by atoms with E-state index in [0.29, 0.717) is 25.6 Å². The number of hydrogen-bond donors (Lipinski definition) is 0. The highest BCUT2D eigenvalue weighted by atomic mass is 16.2. The Morgan fingerprint density at radius 3 is 2.46 bits per heavy atom. The summed E-state index contributed by atoms with van der Waals surface area (Å²) in [6, 6.07) is 8.39. The molecule has 28 heavy (non-hydrogen) atoms. The van der Waals surface area contributed by atoms with Crippen molar-refractivity contribution in [2.24, 2.45) is 0 Å². The predicted molar refractivity (Wildman–Crippen MR) is 112 cm³/mol. The summed E-state index contributed by atoms with van der Waals surface area (Å²) in [5.41, 5.74) is 2.27. The third-order valence-electron chi connectivity index (χ3n) is 6.56. The Balaban J connectivity index is 1.52. The number of piperazine rings is 1. The summed E-state index contributed by atoms with van der Waals surface area (Å²) in [6.07, 6.45) is 5.00. The zero-order chi connectivity index (χ0) is 20.1. The fraction of sp³-hybridized carbons (Fsp3) is 0.652. The average molecular weight is 386 g/mol. The number of rotatable bonds is 5. The largest absolute Gasteiger partial charge is 0.340 e. The number of amides is 2. The van der Waals surface area contributed by atoms with E-state index in [0.717, 1.165) is 44.5 Å². The molecule has 2 aliphatic heterocycles. The van der Waals surface area contributed by atoms with E-state index in [1.807, 2.05) is 30.0 Å². The van der Waals surface area contributed by atoms with Crippen LogP contribution < -0.4 is 0 Å². The van der Waals surface area contributed by atoms with Crippen LogP contribution >= 0.6 is 0 Å². The molecule has 2 unspecified atom stereocenters. The summed E-state index contributed by atoms with van der Waals surface area (Å²) in [7, 11) is 0. The summed E-state index contributed by atoms with van der Waals surface area (Å²) < 4.78 is 0. The number of nitrogens with zero attached hydrogens (tertiary/aromatic N) is 3. The van der Waals surface area contributed by atoms with E-state index in [1.54, 1.807) is 0 Å². The van der Waals surface area contributed by atoms with Crippen LogP contribution in [0.1, 0.15) is 50.7 Å². The molecule has 2 amide bonds. The molecular formula is C23H35N3O2. The number of likely N-dealkylation sites (tertiary alicyclic amines) is 1. The van der Waals surface area contributed by atoms with Gasteiger partial charge < -0.3 is 9.80 Å². The first-order valence-electron chi connectivity index (χ1n) is 10.9. The molecule has 154 valence electrons. The Kier molecular flexibility index (Phi) is 7.11. The van der Waals surface area contributed by atoms with Crippen LogP contribution in [0.5, 0.6) is 0 Å². The van der Waals surface area contributed by atoms with Crippen molar-refractivity contribution in [2.75, 3.05) is 32.7 Å². The molecule has 1 aromatic rings. The lowest BCUT2D eigenvalue weighted by atomic mass is 9.99. The molecule has 0 bridgehead atoms. The number of hydrogen-bond acceptors (Lipinski definition) is 3. The van der Waals surface area contributed by atoms with Gasteiger partial charge in [0, 0.05) is 38.8 Å². The summed E-state index contributed by atoms with van der Waals surface area (Å²) in [5, 5.41) is 0. The molecule has 1 aromatic carbocycles. The van der Waals surface area contributed by atoms with E-state index in [2.05, 4.69) is 29.7 Å². The first-order valence-corrected chi connectivity index (χ1v) is 10.9. The molecule has 3 rings (SSSR count). The van der Waals surface area contributed by atoms with Crippen molar-refractivity contribution < 1.29 is 9.59 Å². The monoisotopic (exact) mass is 385 g/mol. The Morgan fingerprint density at radius 2 is 1.79 bits per heavy atom. The molecule has 0 aliphatic carbocycles. The van der Waals surface area contributed by atoms with Gasteiger partial charge in [0.1, 0.15) is 0 Å². The minimum atomic E-state index is -0.0965. The lowest BCUT2D eigenvalue weighted by molar-refractivity contribution is -0.141. The quantitative estimate of drug-likeness (QED) is 0.783. The van der Waals surface area contributed by atoms with Gasteiger partial charge in [-0.1, -0.05) is 31.2 Å². The molecule has 0 N–H and O–H groups in total. The summed E-state index contributed by atoms with van der Waals surface area (Å²) in [6.45, 7) is 10.1. The highest BCUT2D eigenvalue weighted by molar-refractivity contribution is 5.82. The SMILES string of the molecule is CCC1CCCCN1C(=O)C(C)N1CCN(C(=O)Cc2ccccc2C)CC1. The molecule has 2 atom stereocenters. The lowest BCUT2D eigenvalue weighted by Crippen LogP contribution is -2.57. The van der Waals surface area contributed by atoms with Crippen LogP contribution in [-0.2, 0) is 16.0 Å². The van der Waals surface area contributed by atoms with E-state index in [4.69, 9.17) is 0 Å². The molecule has 0 spiro atoms. The minimum Gasteiger partial charge on any atom is -0.340 e. The van der Waals surface area contributed by atoms with Crippen LogP contribution in [0.15, 0.2) is 24.3 Å². The average Bonchev–Trinajstić information content (AvgIpc) is 2.74. The molecule has 0 saturated carbocycles. The number of benzene rings is 1. The molecule has 2 heterocycles. The molecule has 5 heteroatoms. The van der Waals surface area contributed by atoms with Crippen LogP contribution in [0.4, 0.5) is 0 Å².